The van der Waals surface area contributed by atoms with E-state index in [2.05, 4.69) is 46.1 Å². The van der Waals surface area contributed by atoms with Gasteiger partial charge in [0.15, 0.2) is 0 Å². The molecule has 4 nitrogen and oxygen atoms in total. The van der Waals surface area contributed by atoms with Crippen LogP contribution in [0.2, 0.25) is 0 Å². The first-order chi connectivity index (χ1) is 10.3. The Bertz CT molecular complexity index is 599. The molecule has 0 saturated heterocycles. The van der Waals surface area contributed by atoms with Gasteiger partial charge in [-0.25, -0.2) is 0 Å². The van der Waals surface area contributed by atoms with Crippen LogP contribution in [-0.4, -0.2) is 23.2 Å². The maximum absolute atomic E-state index is 6.03. The van der Waals surface area contributed by atoms with Gasteiger partial charge in [0, 0.05) is 6.04 Å². The van der Waals surface area contributed by atoms with Crippen molar-refractivity contribution in [2.24, 2.45) is 0 Å². The molecule has 2 atom stereocenters. The third-order valence-electron chi connectivity index (χ3n) is 4.13. The second-order valence-electron chi connectivity index (χ2n) is 5.32. The highest BCUT2D eigenvalue weighted by molar-refractivity contribution is 7.05. The van der Waals surface area contributed by atoms with Gasteiger partial charge < -0.3 is 10.1 Å². The molecule has 0 radical (unpaired) electrons. The van der Waals surface area contributed by atoms with Gasteiger partial charge in [0.2, 0.25) is 0 Å². The molecule has 0 aliphatic carbocycles. The maximum Gasteiger partial charge on any atom is 0.0846 e. The molecule has 2 heterocycles. The number of aromatic nitrogens is 2. The van der Waals surface area contributed by atoms with Crippen molar-refractivity contribution in [3.63, 3.8) is 0 Å². The van der Waals surface area contributed by atoms with E-state index in [9.17, 15) is 0 Å². The van der Waals surface area contributed by atoms with E-state index >= 15 is 0 Å². The number of rotatable bonds is 5. The van der Waals surface area contributed by atoms with Crippen LogP contribution < -0.4 is 5.32 Å². The number of nitrogens with one attached hydrogen (secondary N) is 1. The Balaban J connectivity index is 1.82. The predicted octanol–water partition coefficient (Wildman–Crippen LogP) is 3.07. The molecule has 0 bridgehead atoms. The van der Waals surface area contributed by atoms with E-state index in [1.807, 2.05) is 7.05 Å². The number of hydrogen-bond acceptors (Lipinski definition) is 5. The minimum Gasteiger partial charge on any atom is -0.373 e. The number of fused-ring (bicyclic) bond motifs is 1. The van der Waals surface area contributed by atoms with Crippen molar-refractivity contribution in [3.05, 3.63) is 46.0 Å². The molecular weight excluding hydrogens is 282 g/mol. The zero-order chi connectivity index (χ0) is 14.7. The van der Waals surface area contributed by atoms with Crippen molar-refractivity contribution >= 4 is 11.5 Å². The standard InChI is InChI=1S/C16H21N3OS/c1-3-13-16(21-19-18-13)14(17-2)10-15-12-7-5-4-6-11(12)8-9-20-15/h4-7,14-15,17H,3,8-10H2,1-2H3. The molecule has 1 aromatic heterocycles. The molecule has 2 unspecified atom stereocenters. The number of nitrogens with zero attached hydrogens (tertiary/aromatic N) is 2. The fraction of sp³-hybridized carbons (Fsp3) is 0.500. The molecule has 3 rings (SSSR count). The van der Waals surface area contributed by atoms with E-state index < -0.39 is 0 Å². The lowest BCUT2D eigenvalue weighted by atomic mass is 9.93. The second kappa shape index (κ2) is 6.64. The molecule has 5 heteroatoms. The maximum atomic E-state index is 6.03. The monoisotopic (exact) mass is 303 g/mol. The minimum absolute atomic E-state index is 0.152. The topological polar surface area (TPSA) is 47.0 Å². The van der Waals surface area contributed by atoms with Crippen molar-refractivity contribution in [2.75, 3.05) is 13.7 Å². The molecule has 0 saturated carbocycles. The second-order valence-corrected chi connectivity index (χ2v) is 6.11. The van der Waals surface area contributed by atoms with Gasteiger partial charge in [-0.15, -0.1) is 5.10 Å². The smallest absolute Gasteiger partial charge is 0.0846 e. The van der Waals surface area contributed by atoms with E-state index in [0.29, 0.717) is 0 Å². The van der Waals surface area contributed by atoms with Crippen molar-refractivity contribution in [1.29, 1.82) is 0 Å². The molecule has 0 spiro atoms. The van der Waals surface area contributed by atoms with Crippen molar-refractivity contribution in [1.82, 2.24) is 14.9 Å². The highest BCUT2D eigenvalue weighted by Crippen LogP contribution is 2.35. The van der Waals surface area contributed by atoms with Gasteiger partial charge in [-0.05, 0) is 49.0 Å². The third kappa shape index (κ3) is 3.00. The van der Waals surface area contributed by atoms with E-state index in [-0.39, 0.29) is 12.1 Å². The molecule has 0 fully saturated rings. The average molecular weight is 303 g/mol. The summed E-state index contributed by atoms with van der Waals surface area (Å²) in [6.45, 7) is 2.93. The normalized spacial score (nSPS) is 19.2. The van der Waals surface area contributed by atoms with Gasteiger partial charge in [-0.1, -0.05) is 35.7 Å². The van der Waals surface area contributed by atoms with E-state index in [4.69, 9.17) is 4.74 Å². The molecule has 2 aromatic rings. The number of benzene rings is 1. The fourth-order valence-corrected chi connectivity index (χ4v) is 3.83. The first-order valence-electron chi connectivity index (χ1n) is 7.51. The van der Waals surface area contributed by atoms with Crippen molar-refractivity contribution in [2.45, 2.75) is 38.3 Å². The average Bonchev–Trinajstić information content (AvgIpc) is 3.01. The quantitative estimate of drug-likeness (QED) is 0.922. The summed E-state index contributed by atoms with van der Waals surface area (Å²) in [6, 6.07) is 8.86. The predicted molar refractivity (Wildman–Crippen MR) is 84.5 cm³/mol. The first-order valence-corrected chi connectivity index (χ1v) is 8.28. The SMILES string of the molecule is CCc1nnsc1C(CC1OCCc2ccccc21)NC. The fourth-order valence-electron chi connectivity index (χ4n) is 2.97. The van der Waals surface area contributed by atoms with Crippen LogP contribution in [0.4, 0.5) is 0 Å². The molecule has 0 amide bonds. The van der Waals surface area contributed by atoms with E-state index in [1.54, 1.807) is 0 Å². The Morgan fingerprint density at radius 2 is 2.29 bits per heavy atom. The summed E-state index contributed by atoms with van der Waals surface area (Å²) in [6.07, 6.45) is 3.01. The van der Waals surface area contributed by atoms with E-state index in [1.165, 1.54) is 27.5 Å². The molecule has 112 valence electrons. The summed E-state index contributed by atoms with van der Waals surface area (Å²) in [5.74, 6) is 0. The zero-order valence-electron chi connectivity index (χ0n) is 12.5. The summed E-state index contributed by atoms with van der Waals surface area (Å²) in [5, 5.41) is 7.64. The summed E-state index contributed by atoms with van der Waals surface area (Å²) >= 11 is 1.50. The Morgan fingerprint density at radius 3 is 3.10 bits per heavy atom. The van der Waals surface area contributed by atoms with Gasteiger partial charge in [-0.2, -0.15) is 0 Å². The van der Waals surface area contributed by atoms with Gasteiger partial charge in [-0.3, -0.25) is 0 Å². The van der Waals surface area contributed by atoms with Crippen molar-refractivity contribution < 1.29 is 4.74 Å². The molecular formula is C16H21N3OS. The minimum atomic E-state index is 0.152. The van der Waals surface area contributed by atoms with Gasteiger partial charge >= 0.3 is 0 Å². The highest BCUT2D eigenvalue weighted by Gasteiger charge is 2.26. The first kappa shape index (κ1) is 14.6. The molecule has 1 aliphatic heterocycles. The van der Waals surface area contributed by atoms with Gasteiger partial charge in [0.05, 0.1) is 23.3 Å². The van der Waals surface area contributed by atoms with Crippen LogP contribution in [0.3, 0.4) is 0 Å². The van der Waals surface area contributed by atoms with Crippen LogP contribution in [0.5, 0.6) is 0 Å². The third-order valence-corrected chi connectivity index (χ3v) is 5.01. The number of hydrogen-bond donors (Lipinski definition) is 1. The number of ether oxygens (including phenoxy) is 1. The van der Waals surface area contributed by atoms with Crippen LogP contribution in [0.15, 0.2) is 24.3 Å². The molecule has 1 aliphatic rings. The summed E-state index contributed by atoms with van der Waals surface area (Å²) < 4.78 is 10.1. The van der Waals surface area contributed by atoms with Crippen molar-refractivity contribution in [3.8, 4) is 0 Å². The Kier molecular flexibility index (Phi) is 4.63. The van der Waals surface area contributed by atoms with Crippen LogP contribution >= 0.6 is 11.5 Å². The van der Waals surface area contributed by atoms with Gasteiger partial charge in [0.1, 0.15) is 0 Å². The Labute approximate surface area is 129 Å². The molecule has 1 N–H and O–H groups in total. The van der Waals surface area contributed by atoms with Crippen LogP contribution in [0, 0.1) is 0 Å². The molecule has 21 heavy (non-hydrogen) atoms. The lowest BCUT2D eigenvalue weighted by molar-refractivity contribution is 0.0300. The van der Waals surface area contributed by atoms with Crippen LogP contribution in [0.25, 0.3) is 0 Å². The summed E-state index contributed by atoms with van der Waals surface area (Å²) in [4.78, 5) is 1.24. The highest BCUT2D eigenvalue weighted by atomic mass is 32.1. The van der Waals surface area contributed by atoms with Crippen LogP contribution in [0.1, 0.15) is 47.2 Å². The molecule has 1 aromatic carbocycles. The Hall–Kier alpha value is -1.30. The summed E-state index contributed by atoms with van der Waals surface area (Å²) in [5.41, 5.74) is 3.85. The Morgan fingerprint density at radius 1 is 1.43 bits per heavy atom. The lowest BCUT2D eigenvalue weighted by Gasteiger charge is -2.29. The number of aryl methyl sites for hydroxylation is 1. The zero-order valence-corrected chi connectivity index (χ0v) is 13.3. The van der Waals surface area contributed by atoms with Gasteiger partial charge in [0.25, 0.3) is 0 Å². The largest absolute Gasteiger partial charge is 0.373 e. The lowest BCUT2D eigenvalue weighted by Crippen LogP contribution is -2.24. The summed E-state index contributed by atoms with van der Waals surface area (Å²) in [7, 11) is 2.00. The van der Waals surface area contributed by atoms with Crippen LogP contribution in [-0.2, 0) is 17.6 Å². The van der Waals surface area contributed by atoms with E-state index in [0.717, 1.165) is 31.6 Å².